The Labute approximate surface area is 104 Å². The average molecular weight is 231 g/mol. The van der Waals surface area contributed by atoms with E-state index >= 15 is 0 Å². The van der Waals surface area contributed by atoms with Crippen LogP contribution >= 0.6 is 0 Å². The van der Waals surface area contributed by atoms with E-state index < -0.39 is 0 Å². The Morgan fingerprint density at radius 1 is 1.35 bits per heavy atom. The summed E-state index contributed by atoms with van der Waals surface area (Å²) in [6.45, 7) is 6.23. The van der Waals surface area contributed by atoms with Crippen molar-refractivity contribution in [2.24, 2.45) is 0 Å². The van der Waals surface area contributed by atoms with Crippen LogP contribution in [0.25, 0.3) is 0 Å². The van der Waals surface area contributed by atoms with Gasteiger partial charge in [-0.2, -0.15) is 0 Å². The number of nitrogens with zero attached hydrogens (tertiary/aromatic N) is 2. The highest BCUT2D eigenvalue weighted by Crippen LogP contribution is 2.14. The lowest BCUT2D eigenvalue weighted by Crippen LogP contribution is -2.27. The molecule has 0 amide bonds. The number of pyridine rings is 1. The van der Waals surface area contributed by atoms with Crippen LogP contribution in [0.3, 0.4) is 0 Å². The number of nitrogens with one attached hydrogen (secondary N) is 1. The first-order valence-electron chi connectivity index (χ1n) is 6.45. The van der Waals surface area contributed by atoms with Gasteiger partial charge in [0.2, 0.25) is 0 Å². The second kappa shape index (κ2) is 6.40. The van der Waals surface area contributed by atoms with Crippen molar-refractivity contribution in [3.8, 4) is 0 Å². The third-order valence-corrected chi connectivity index (χ3v) is 2.95. The van der Waals surface area contributed by atoms with E-state index in [-0.39, 0.29) is 0 Å². The predicted molar refractivity (Wildman–Crippen MR) is 72.2 cm³/mol. The van der Waals surface area contributed by atoms with Gasteiger partial charge in [-0.1, -0.05) is 25.1 Å². The molecule has 1 aliphatic rings. The average Bonchev–Trinajstić information content (AvgIpc) is 2.41. The minimum absolute atomic E-state index is 0.918. The van der Waals surface area contributed by atoms with Gasteiger partial charge in [-0.3, -0.25) is 0 Å². The van der Waals surface area contributed by atoms with Gasteiger partial charge in [-0.25, -0.2) is 4.98 Å². The molecule has 2 rings (SSSR count). The van der Waals surface area contributed by atoms with Crippen LogP contribution in [0.2, 0.25) is 0 Å². The summed E-state index contributed by atoms with van der Waals surface area (Å²) in [6, 6.07) is 4.30. The highest BCUT2D eigenvalue weighted by atomic mass is 15.2. The molecule has 1 aromatic rings. The fourth-order valence-electron chi connectivity index (χ4n) is 1.97. The highest BCUT2D eigenvalue weighted by Gasteiger charge is 2.07. The van der Waals surface area contributed by atoms with Crippen LogP contribution in [-0.4, -0.2) is 24.6 Å². The third-order valence-electron chi connectivity index (χ3n) is 2.95. The molecule has 0 fully saturated rings. The lowest BCUT2D eigenvalue weighted by molar-refractivity contribution is 0.673. The van der Waals surface area contributed by atoms with Gasteiger partial charge in [0, 0.05) is 25.8 Å². The molecule has 0 unspecified atom stereocenters. The molecule has 17 heavy (non-hydrogen) atoms. The van der Waals surface area contributed by atoms with Crippen molar-refractivity contribution < 1.29 is 0 Å². The lowest BCUT2D eigenvalue weighted by Gasteiger charge is -2.24. The Morgan fingerprint density at radius 3 is 2.94 bits per heavy atom. The van der Waals surface area contributed by atoms with Crippen molar-refractivity contribution >= 4 is 5.82 Å². The van der Waals surface area contributed by atoms with Crippen molar-refractivity contribution in [3.63, 3.8) is 0 Å². The van der Waals surface area contributed by atoms with Crippen molar-refractivity contribution in [1.29, 1.82) is 0 Å². The zero-order valence-corrected chi connectivity index (χ0v) is 10.5. The van der Waals surface area contributed by atoms with Crippen LogP contribution in [0.1, 0.15) is 25.3 Å². The molecule has 0 saturated carbocycles. The SMILES string of the molecule is CCCNCc1ccc(N2CC=CCC2)nc1. The Kier molecular flexibility index (Phi) is 4.56. The van der Waals surface area contributed by atoms with E-state index in [2.05, 4.69) is 46.4 Å². The van der Waals surface area contributed by atoms with E-state index in [0.29, 0.717) is 0 Å². The monoisotopic (exact) mass is 231 g/mol. The first-order chi connectivity index (χ1) is 8.40. The number of anilines is 1. The van der Waals surface area contributed by atoms with Gasteiger partial charge >= 0.3 is 0 Å². The predicted octanol–water partition coefficient (Wildman–Crippen LogP) is 2.35. The van der Waals surface area contributed by atoms with Crippen molar-refractivity contribution in [2.45, 2.75) is 26.3 Å². The Balaban J connectivity index is 1.90. The number of rotatable bonds is 5. The zero-order valence-electron chi connectivity index (χ0n) is 10.5. The summed E-state index contributed by atoms with van der Waals surface area (Å²) in [5, 5.41) is 3.39. The molecule has 3 nitrogen and oxygen atoms in total. The van der Waals surface area contributed by atoms with Gasteiger partial charge in [0.15, 0.2) is 0 Å². The third kappa shape index (κ3) is 3.56. The first kappa shape index (κ1) is 12.1. The van der Waals surface area contributed by atoms with E-state index in [4.69, 9.17) is 0 Å². The molecule has 0 bridgehead atoms. The molecule has 0 radical (unpaired) electrons. The van der Waals surface area contributed by atoms with Gasteiger partial charge in [0.05, 0.1) is 0 Å². The van der Waals surface area contributed by atoms with Crippen LogP contribution in [0.4, 0.5) is 5.82 Å². The molecule has 3 heteroatoms. The van der Waals surface area contributed by atoms with Gasteiger partial charge in [0.25, 0.3) is 0 Å². The number of hydrogen-bond acceptors (Lipinski definition) is 3. The molecule has 0 saturated heterocycles. The van der Waals surface area contributed by atoms with E-state index in [1.54, 1.807) is 0 Å². The second-order valence-electron chi connectivity index (χ2n) is 4.41. The first-order valence-corrected chi connectivity index (χ1v) is 6.45. The maximum atomic E-state index is 4.53. The van der Waals surface area contributed by atoms with Crippen molar-refractivity contribution in [2.75, 3.05) is 24.5 Å². The summed E-state index contributed by atoms with van der Waals surface area (Å²) in [6.07, 6.45) is 8.73. The lowest BCUT2D eigenvalue weighted by atomic mass is 10.2. The summed E-state index contributed by atoms with van der Waals surface area (Å²) in [5.41, 5.74) is 1.26. The molecule has 0 spiro atoms. The van der Waals surface area contributed by atoms with Gasteiger partial charge < -0.3 is 10.2 Å². The molecular formula is C14H21N3. The zero-order chi connectivity index (χ0) is 11.9. The molecule has 0 aromatic carbocycles. The van der Waals surface area contributed by atoms with Crippen molar-refractivity contribution in [1.82, 2.24) is 10.3 Å². The number of aromatic nitrogens is 1. The van der Waals surface area contributed by atoms with Crippen LogP contribution in [-0.2, 0) is 6.54 Å². The topological polar surface area (TPSA) is 28.2 Å². The minimum atomic E-state index is 0.918. The van der Waals surface area contributed by atoms with Gasteiger partial charge in [0.1, 0.15) is 5.82 Å². The molecule has 1 N–H and O–H groups in total. The summed E-state index contributed by atoms with van der Waals surface area (Å²) in [5.74, 6) is 1.09. The summed E-state index contributed by atoms with van der Waals surface area (Å²) >= 11 is 0. The van der Waals surface area contributed by atoms with E-state index in [0.717, 1.165) is 38.4 Å². The smallest absolute Gasteiger partial charge is 0.128 e. The van der Waals surface area contributed by atoms with Crippen LogP contribution < -0.4 is 10.2 Å². The highest BCUT2D eigenvalue weighted by molar-refractivity contribution is 5.41. The molecular weight excluding hydrogens is 210 g/mol. The van der Waals surface area contributed by atoms with Crippen LogP contribution in [0, 0.1) is 0 Å². The van der Waals surface area contributed by atoms with Crippen molar-refractivity contribution in [3.05, 3.63) is 36.0 Å². The molecule has 0 atom stereocenters. The normalized spacial score (nSPS) is 15.2. The minimum Gasteiger partial charge on any atom is -0.353 e. The quantitative estimate of drug-likeness (QED) is 0.623. The summed E-state index contributed by atoms with van der Waals surface area (Å²) in [7, 11) is 0. The Hall–Kier alpha value is -1.35. The van der Waals surface area contributed by atoms with Crippen LogP contribution in [0.5, 0.6) is 0 Å². The van der Waals surface area contributed by atoms with E-state index in [1.807, 2.05) is 6.20 Å². The molecule has 2 heterocycles. The second-order valence-corrected chi connectivity index (χ2v) is 4.41. The van der Waals surface area contributed by atoms with Crippen LogP contribution in [0.15, 0.2) is 30.5 Å². The fourth-order valence-corrected chi connectivity index (χ4v) is 1.97. The maximum Gasteiger partial charge on any atom is 0.128 e. The molecule has 92 valence electrons. The summed E-state index contributed by atoms with van der Waals surface area (Å²) in [4.78, 5) is 6.84. The molecule has 0 aliphatic carbocycles. The molecule has 1 aromatic heterocycles. The Morgan fingerprint density at radius 2 is 2.29 bits per heavy atom. The largest absolute Gasteiger partial charge is 0.353 e. The Bertz CT molecular complexity index is 356. The van der Waals surface area contributed by atoms with E-state index in [9.17, 15) is 0 Å². The standard InChI is InChI=1S/C14H21N3/c1-2-8-15-11-13-6-7-14(16-12-13)17-9-4-3-5-10-17/h3-4,6-7,12,15H,2,5,8-11H2,1H3. The summed E-state index contributed by atoms with van der Waals surface area (Å²) < 4.78 is 0. The molecule has 1 aliphatic heterocycles. The fraction of sp³-hybridized carbons (Fsp3) is 0.500. The van der Waals surface area contributed by atoms with Gasteiger partial charge in [-0.05, 0) is 31.0 Å². The van der Waals surface area contributed by atoms with Gasteiger partial charge in [-0.15, -0.1) is 0 Å². The number of hydrogen-bond donors (Lipinski definition) is 1. The van der Waals surface area contributed by atoms with E-state index in [1.165, 1.54) is 12.0 Å². The maximum absolute atomic E-state index is 4.53.